The molecule has 282 valence electrons. The van der Waals surface area contributed by atoms with Gasteiger partial charge in [0, 0.05) is 35.1 Å². The van der Waals surface area contributed by atoms with E-state index in [1.807, 2.05) is 43.0 Å². The van der Waals surface area contributed by atoms with Crippen molar-refractivity contribution in [3.05, 3.63) is 218 Å². The van der Waals surface area contributed by atoms with Crippen molar-refractivity contribution in [2.75, 3.05) is 4.90 Å². The lowest BCUT2D eigenvalue weighted by molar-refractivity contribution is 1.24. The second kappa shape index (κ2) is 14.8. The summed E-state index contributed by atoms with van der Waals surface area (Å²) in [7, 11) is 0. The lowest BCUT2D eigenvalue weighted by Gasteiger charge is -2.27. The van der Waals surface area contributed by atoms with Gasteiger partial charge in [0.2, 0.25) is 0 Å². The van der Waals surface area contributed by atoms with Crippen LogP contribution in [0.3, 0.4) is 0 Å². The molecule has 0 spiro atoms. The number of anilines is 3. The number of hydrogen-bond acceptors (Lipinski definition) is 4. The van der Waals surface area contributed by atoms with Gasteiger partial charge in [-0.05, 0) is 127 Å². The molecule has 3 aromatic heterocycles. The molecule has 0 saturated heterocycles. The second-order valence-electron chi connectivity index (χ2n) is 15.2. The van der Waals surface area contributed by atoms with Gasteiger partial charge in [-0.15, -0.1) is 0 Å². The maximum atomic E-state index is 4.84. The molecule has 0 saturated carbocycles. The summed E-state index contributed by atoms with van der Waals surface area (Å²) in [5.41, 5.74) is 15.7. The third-order valence-corrected chi connectivity index (χ3v) is 11.8. The Kier molecular flexibility index (Phi) is 8.67. The van der Waals surface area contributed by atoms with E-state index in [4.69, 9.17) is 9.97 Å². The van der Waals surface area contributed by atoms with Gasteiger partial charge in [-0.1, -0.05) is 140 Å². The summed E-state index contributed by atoms with van der Waals surface area (Å²) in [6, 6.07) is 67.5. The SMILES string of the molecule is Cc1c(-c2ccc(-c3cccc(N(c4cccnc4)c4cc5cccnc5c5ncccc45)c3)c3ccccc23)c(-c2ccccc2)c2ccccc2c1-c1ccccc1. The maximum absolute atomic E-state index is 4.84. The summed E-state index contributed by atoms with van der Waals surface area (Å²) >= 11 is 0. The van der Waals surface area contributed by atoms with Gasteiger partial charge >= 0.3 is 0 Å². The molecule has 60 heavy (non-hydrogen) atoms. The summed E-state index contributed by atoms with van der Waals surface area (Å²) in [6.45, 7) is 2.30. The van der Waals surface area contributed by atoms with Gasteiger partial charge < -0.3 is 4.90 Å². The van der Waals surface area contributed by atoms with E-state index in [0.717, 1.165) is 44.4 Å². The van der Waals surface area contributed by atoms with E-state index in [1.165, 1.54) is 66.1 Å². The number of nitrogens with zero attached hydrogens (tertiary/aromatic N) is 4. The molecule has 0 aliphatic carbocycles. The van der Waals surface area contributed by atoms with Crippen molar-refractivity contribution in [1.29, 1.82) is 0 Å². The van der Waals surface area contributed by atoms with E-state index in [1.54, 1.807) is 0 Å². The summed E-state index contributed by atoms with van der Waals surface area (Å²) in [4.78, 5) is 16.4. The molecule has 4 heteroatoms. The van der Waals surface area contributed by atoms with Crippen LogP contribution >= 0.6 is 0 Å². The minimum Gasteiger partial charge on any atom is -0.308 e. The van der Waals surface area contributed by atoms with Crippen LogP contribution in [0.15, 0.2) is 213 Å². The fourth-order valence-corrected chi connectivity index (χ4v) is 9.22. The number of pyridine rings is 3. The Hall–Kier alpha value is -7.95. The largest absolute Gasteiger partial charge is 0.308 e. The average Bonchev–Trinajstić information content (AvgIpc) is 3.32. The topological polar surface area (TPSA) is 41.9 Å². The molecule has 4 nitrogen and oxygen atoms in total. The van der Waals surface area contributed by atoms with Crippen LogP contribution in [-0.2, 0) is 0 Å². The molecule has 0 amide bonds. The number of aromatic nitrogens is 3. The molecule has 0 aliphatic heterocycles. The standard InChI is InChI=1S/C56H38N4/c1-37-52(38-16-4-2-5-17-38)47-26-10-11-27-48(47)54(39-18-6-3-7-19-39)53(37)49-30-29-44(45-24-8-9-25-46(45)49)40-20-12-22-42(34-40)60(43-23-14-31-57-36-43)51-35-41-21-13-32-58-55(41)56-50(51)28-15-33-59-56/h2-36H,1H3. The third kappa shape index (κ3) is 5.88. The Morgan fingerprint density at radius 1 is 0.383 bits per heavy atom. The third-order valence-electron chi connectivity index (χ3n) is 11.8. The highest BCUT2D eigenvalue weighted by atomic mass is 15.1. The summed E-state index contributed by atoms with van der Waals surface area (Å²) < 4.78 is 0. The van der Waals surface area contributed by atoms with Crippen LogP contribution in [0.1, 0.15) is 5.56 Å². The van der Waals surface area contributed by atoms with Crippen molar-refractivity contribution in [1.82, 2.24) is 15.0 Å². The number of rotatable bonds is 7. The van der Waals surface area contributed by atoms with Crippen LogP contribution in [0.2, 0.25) is 0 Å². The van der Waals surface area contributed by atoms with Gasteiger partial charge in [0.1, 0.15) is 0 Å². The minimum absolute atomic E-state index is 0.867. The number of hydrogen-bond donors (Lipinski definition) is 0. The van der Waals surface area contributed by atoms with Gasteiger partial charge in [0.05, 0.1) is 28.6 Å². The molecular formula is C56H38N4. The quantitative estimate of drug-likeness (QED) is 0.152. The number of fused-ring (bicyclic) bond motifs is 5. The van der Waals surface area contributed by atoms with Crippen molar-refractivity contribution < 1.29 is 0 Å². The average molecular weight is 767 g/mol. The van der Waals surface area contributed by atoms with Crippen molar-refractivity contribution >= 4 is 60.4 Å². The Bertz CT molecular complexity index is 3380. The van der Waals surface area contributed by atoms with E-state index in [-0.39, 0.29) is 0 Å². The van der Waals surface area contributed by atoms with Crippen LogP contribution in [0, 0.1) is 6.92 Å². The molecule has 0 unspecified atom stereocenters. The molecule has 0 atom stereocenters. The zero-order chi connectivity index (χ0) is 40.0. The monoisotopic (exact) mass is 766 g/mol. The van der Waals surface area contributed by atoms with Crippen molar-refractivity contribution in [3.8, 4) is 44.5 Å². The number of benzene rings is 8. The van der Waals surface area contributed by atoms with Gasteiger partial charge in [0.15, 0.2) is 0 Å². The van der Waals surface area contributed by atoms with Crippen LogP contribution in [0.4, 0.5) is 17.1 Å². The van der Waals surface area contributed by atoms with Gasteiger partial charge in [-0.3, -0.25) is 15.0 Å². The molecular weight excluding hydrogens is 729 g/mol. The van der Waals surface area contributed by atoms with Crippen LogP contribution in [0.25, 0.3) is 87.9 Å². The molecule has 0 fully saturated rings. The molecule has 0 N–H and O–H groups in total. The molecule has 11 aromatic rings. The van der Waals surface area contributed by atoms with Crippen LogP contribution in [-0.4, -0.2) is 15.0 Å². The zero-order valence-electron chi connectivity index (χ0n) is 33.0. The van der Waals surface area contributed by atoms with Crippen molar-refractivity contribution in [2.24, 2.45) is 0 Å². The van der Waals surface area contributed by atoms with Crippen molar-refractivity contribution in [2.45, 2.75) is 6.92 Å². The van der Waals surface area contributed by atoms with Crippen LogP contribution < -0.4 is 4.90 Å². The minimum atomic E-state index is 0.867. The van der Waals surface area contributed by atoms with Gasteiger partial charge in [-0.25, -0.2) is 0 Å². The predicted molar refractivity (Wildman–Crippen MR) is 251 cm³/mol. The van der Waals surface area contributed by atoms with Crippen LogP contribution in [0.5, 0.6) is 0 Å². The lowest BCUT2D eigenvalue weighted by Crippen LogP contribution is -2.11. The normalized spacial score (nSPS) is 11.4. The second-order valence-corrected chi connectivity index (χ2v) is 15.2. The Morgan fingerprint density at radius 3 is 1.68 bits per heavy atom. The Labute approximate surface area is 348 Å². The van der Waals surface area contributed by atoms with E-state index in [9.17, 15) is 0 Å². The summed E-state index contributed by atoms with van der Waals surface area (Å²) in [5.74, 6) is 0. The highest BCUT2D eigenvalue weighted by Crippen LogP contribution is 2.49. The summed E-state index contributed by atoms with van der Waals surface area (Å²) in [6.07, 6.45) is 7.42. The van der Waals surface area contributed by atoms with Gasteiger partial charge in [-0.2, -0.15) is 0 Å². The van der Waals surface area contributed by atoms with E-state index < -0.39 is 0 Å². The first-order valence-corrected chi connectivity index (χ1v) is 20.3. The summed E-state index contributed by atoms with van der Waals surface area (Å²) in [5, 5.41) is 6.94. The molecule has 11 rings (SSSR count). The highest BCUT2D eigenvalue weighted by molar-refractivity contribution is 6.17. The predicted octanol–water partition coefficient (Wildman–Crippen LogP) is 14.9. The molecule has 3 heterocycles. The highest BCUT2D eigenvalue weighted by Gasteiger charge is 2.23. The first-order chi connectivity index (χ1) is 29.7. The van der Waals surface area contributed by atoms with E-state index in [0.29, 0.717) is 0 Å². The molecule has 0 radical (unpaired) electrons. The fraction of sp³-hybridized carbons (Fsp3) is 0.0179. The molecule has 0 bridgehead atoms. The Morgan fingerprint density at radius 2 is 0.950 bits per heavy atom. The smallest absolute Gasteiger partial charge is 0.0985 e. The first kappa shape index (κ1) is 35.2. The van der Waals surface area contributed by atoms with E-state index >= 15 is 0 Å². The van der Waals surface area contributed by atoms with Gasteiger partial charge in [0.25, 0.3) is 0 Å². The Balaban J connectivity index is 1.14. The molecule has 8 aromatic carbocycles. The maximum Gasteiger partial charge on any atom is 0.0985 e. The lowest BCUT2D eigenvalue weighted by atomic mass is 9.80. The zero-order valence-corrected chi connectivity index (χ0v) is 33.0. The first-order valence-electron chi connectivity index (χ1n) is 20.3. The van der Waals surface area contributed by atoms with Crippen molar-refractivity contribution in [3.63, 3.8) is 0 Å². The van der Waals surface area contributed by atoms with E-state index in [2.05, 4.69) is 187 Å². The fourth-order valence-electron chi connectivity index (χ4n) is 9.22. The molecule has 0 aliphatic rings.